The van der Waals surface area contributed by atoms with Crippen LogP contribution in [0.1, 0.15) is 11.1 Å². The minimum atomic E-state index is -3.15. The number of rotatable bonds is 6. The number of benzene rings is 1. The van der Waals surface area contributed by atoms with Crippen molar-refractivity contribution in [1.82, 2.24) is 9.78 Å². The number of aliphatic hydroxyl groups is 1. The van der Waals surface area contributed by atoms with Crippen LogP contribution in [0.15, 0.2) is 42.7 Å². The van der Waals surface area contributed by atoms with Crippen LogP contribution in [0.3, 0.4) is 0 Å². The summed E-state index contributed by atoms with van der Waals surface area (Å²) >= 11 is 0. The summed E-state index contributed by atoms with van der Waals surface area (Å²) in [5.41, 5.74) is 1.51. The lowest BCUT2D eigenvalue weighted by Crippen LogP contribution is -2.15. The monoisotopic (exact) mass is 280 g/mol. The van der Waals surface area contributed by atoms with Crippen LogP contribution in [-0.4, -0.2) is 29.1 Å². The number of aryl methyl sites for hydroxylation is 1. The van der Waals surface area contributed by atoms with Crippen molar-refractivity contribution in [3.8, 4) is 0 Å². The van der Waals surface area contributed by atoms with Gasteiger partial charge in [-0.25, -0.2) is 8.42 Å². The highest BCUT2D eigenvalue weighted by molar-refractivity contribution is 7.90. The molecule has 102 valence electrons. The quantitative estimate of drug-likeness (QED) is 0.856. The van der Waals surface area contributed by atoms with Gasteiger partial charge in [0.25, 0.3) is 0 Å². The molecule has 5 nitrogen and oxygen atoms in total. The third-order valence-electron chi connectivity index (χ3n) is 2.78. The number of aliphatic hydroxyl groups excluding tert-OH is 1. The Hall–Kier alpha value is -1.66. The summed E-state index contributed by atoms with van der Waals surface area (Å²) in [5, 5.41) is 12.9. The van der Waals surface area contributed by atoms with Gasteiger partial charge in [-0.05, 0) is 17.2 Å². The molecule has 1 N–H and O–H groups in total. The van der Waals surface area contributed by atoms with Crippen molar-refractivity contribution in [3.63, 3.8) is 0 Å². The van der Waals surface area contributed by atoms with E-state index in [1.54, 1.807) is 47.4 Å². The molecule has 0 saturated heterocycles. The van der Waals surface area contributed by atoms with E-state index in [4.69, 9.17) is 5.11 Å². The fraction of sp³-hybridized carbons (Fsp3) is 0.308. The maximum atomic E-state index is 12.0. The van der Waals surface area contributed by atoms with Crippen molar-refractivity contribution in [2.45, 2.75) is 18.9 Å². The van der Waals surface area contributed by atoms with Gasteiger partial charge in [-0.3, -0.25) is 4.68 Å². The van der Waals surface area contributed by atoms with Crippen molar-refractivity contribution < 1.29 is 13.5 Å². The highest BCUT2D eigenvalue weighted by atomic mass is 32.2. The summed E-state index contributed by atoms with van der Waals surface area (Å²) in [5.74, 6) is 0.0798. The highest BCUT2D eigenvalue weighted by Crippen LogP contribution is 2.09. The van der Waals surface area contributed by atoms with Crippen molar-refractivity contribution in [2.24, 2.45) is 0 Å². The van der Waals surface area contributed by atoms with Gasteiger partial charge < -0.3 is 5.11 Å². The van der Waals surface area contributed by atoms with Gasteiger partial charge in [-0.15, -0.1) is 0 Å². The summed E-state index contributed by atoms with van der Waals surface area (Å²) < 4.78 is 25.5. The van der Waals surface area contributed by atoms with Crippen LogP contribution < -0.4 is 0 Å². The van der Waals surface area contributed by atoms with Crippen molar-refractivity contribution >= 4 is 9.84 Å². The third-order valence-corrected chi connectivity index (χ3v) is 4.36. The maximum absolute atomic E-state index is 12.0. The molecule has 0 fully saturated rings. The topological polar surface area (TPSA) is 72.2 Å². The van der Waals surface area contributed by atoms with Gasteiger partial charge in [0, 0.05) is 12.4 Å². The van der Waals surface area contributed by atoms with E-state index in [2.05, 4.69) is 5.10 Å². The molecule has 0 aliphatic rings. The first-order valence-electron chi connectivity index (χ1n) is 5.95. The fourth-order valence-electron chi connectivity index (χ4n) is 1.73. The molecule has 0 amide bonds. The molecular formula is C13H16N2O3S. The molecule has 0 bridgehead atoms. The summed E-state index contributed by atoms with van der Waals surface area (Å²) in [6.45, 7) is 0.330. The summed E-state index contributed by atoms with van der Waals surface area (Å²) in [4.78, 5) is 0. The minimum Gasteiger partial charge on any atom is -0.392 e. The number of hydrogen-bond acceptors (Lipinski definition) is 4. The lowest BCUT2D eigenvalue weighted by atomic mass is 10.2. The van der Waals surface area contributed by atoms with Crippen LogP contribution in [-0.2, 0) is 28.7 Å². The second kappa shape index (κ2) is 5.99. The average Bonchev–Trinajstić information content (AvgIpc) is 2.90. The molecule has 1 heterocycles. The Morgan fingerprint density at radius 1 is 1.16 bits per heavy atom. The zero-order chi connectivity index (χ0) is 13.7. The molecular weight excluding hydrogens is 264 g/mol. The molecule has 2 rings (SSSR count). The van der Waals surface area contributed by atoms with E-state index in [0.29, 0.717) is 6.54 Å². The van der Waals surface area contributed by atoms with Crippen LogP contribution in [0, 0.1) is 0 Å². The second-order valence-corrected chi connectivity index (χ2v) is 6.52. The molecule has 0 radical (unpaired) electrons. The van der Waals surface area contributed by atoms with E-state index in [1.165, 1.54) is 0 Å². The van der Waals surface area contributed by atoms with Crippen LogP contribution in [0.4, 0.5) is 0 Å². The average molecular weight is 280 g/mol. The lowest BCUT2D eigenvalue weighted by Gasteiger charge is -2.05. The maximum Gasteiger partial charge on any atom is 0.156 e. The SMILES string of the molecule is O=S(=O)(CCn1cccn1)Cc1ccc(CO)cc1. The number of aromatic nitrogens is 2. The normalized spacial score (nSPS) is 11.6. The van der Waals surface area contributed by atoms with Crippen LogP contribution in [0.5, 0.6) is 0 Å². The van der Waals surface area contributed by atoms with Gasteiger partial charge in [0.15, 0.2) is 9.84 Å². The van der Waals surface area contributed by atoms with Crippen molar-refractivity contribution in [1.29, 1.82) is 0 Å². The number of nitrogens with zero attached hydrogens (tertiary/aromatic N) is 2. The van der Waals surface area contributed by atoms with E-state index in [-0.39, 0.29) is 18.1 Å². The standard InChI is InChI=1S/C13H16N2O3S/c16-10-12-2-4-13(5-3-12)11-19(17,18)9-8-15-7-1-6-14-15/h1-7,16H,8-11H2. The molecule has 1 aromatic carbocycles. The molecule has 6 heteroatoms. The highest BCUT2D eigenvalue weighted by Gasteiger charge is 2.12. The minimum absolute atomic E-state index is 0.0139. The largest absolute Gasteiger partial charge is 0.392 e. The van der Waals surface area contributed by atoms with E-state index >= 15 is 0 Å². The number of sulfone groups is 1. The van der Waals surface area contributed by atoms with E-state index in [9.17, 15) is 8.42 Å². The van der Waals surface area contributed by atoms with Gasteiger partial charge in [0.05, 0.1) is 24.7 Å². The smallest absolute Gasteiger partial charge is 0.156 e. The molecule has 19 heavy (non-hydrogen) atoms. The van der Waals surface area contributed by atoms with Crippen LogP contribution >= 0.6 is 0 Å². The zero-order valence-corrected chi connectivity index (χ0v) is 11.3. The molecule has 0 unspecified atom stereocenters. The summed E-state index contributed by atoms with van der Waals surface area (Å²) in [6.07, 6.45) is 3.37. The summed E-state index contributed by atoms with van der Waals surface area (Å²) in [7, 11) is -3.15. The Morgan fingerprint density at radius 2 is 1.84 bits per heavy atom. The van der Waals surface area contributed by atoms with Gasteiger partial charge in [0.2, 0.25) is 0 Å². The van der Waals surface area contributed by atoms with E-state index in [1.807, 2.05) is 0 Å². The second-order valence-electron chi connectivity index (χ2n) is 4.34. The molecule has 0 spiro atoms. The molecule has 2 aromatic rings. The Morgan fingerprint density at radius 3 is 2.42 bits per heavy atom. The first-order chi connectivity index (χ1) is 9.09. The molecule has 0 aliphatic heterocycles. The Balaban J connectivity index is 1.96. The number of hydrogen-bond donors (Lipinski definition) is 1. The fourth-order valence-corrected chi connectivity index (χ4v) is 3.04. The van der Waals surface area contributed by atoms with Crippen LogP contribution in [0.2, 0.25) is 0 Å². The summed E-state index contributed by atoms with van der Waals surface area (Å²) in [6, 6.07) is 8.70. The van der Waals surface area contributed by atoms with Gasteiger partial charge in [-0.2, -0.15) is 5.10 Å². The molecule has 0 saturated carbocycles. The lowest BCUT2D eigenvalue weighted by molar-refractivity contribution is 0.282. The predicted octanol–water partition coefficient (Wildman–Crippen LogP) is 0.990. The molecule has 1 aromatic heterocycles. The van der Waals surface area contributed by atoms with E-state index < -0.39 is 9.84 Å². The van der Waals surface area contributed by atoms with Gasteiger partial charge >= 0.3 is 0 Å². The van der Waals surface area contributed by atoms with Crippen molar-refractivity contribution in [2.75, 3.05) is 5.75 Å². The zero-order valence-electron chi connectivity index (χ0n) is 10.4. The molecule has 0 aliphatic carbocycles. The van der Waals surface area contributed by atoms with Gasteiger partial charge in [-0.1, -0.05) is 24.3 Å². The third kappa shape index (κ3) is 4.18. The van der Waals surface area contributed by atoms with E-state index in [0.717, 1.165) is 11.1 Å². The Bertz CT molecular complexity index is 604. The Labute approximate surface area is 112 Å². The first kappa shape index (κ1) is 13.8. The predicted molar refractivity (Wildman–Crippen MR) is 72.1 cm³/mol. The first-order valence-corrected chi connectivity index (χ1v) is 7.78. The van der Waals surface area contributed by atoms with Crippen LogP contribution in [0.25, 0.3) is 0 Å². The Kier molecular flexibility index (Phi) is 4.34. The van der Waals surface area contributed by atoms with Gasteiger partial charge in [0.1, 0.15) is 0 Å². The van der Waals surface area contributed by atoms with Crippen molar-refractivity contribution in [3.05, 3.63) is 53.9 Å². The molecule has 0 atom stereocenters.